The molecule has 170 valence electrons. The van der Waals surface area contributed by atoms with Crippen molar-refractivity contribution in [3.63, 3.8) is 0 Å². The van der Waals surface area contributed by atoms with E-state index in [1.165, 1.54) is 0 Å². The number of halogens is 1. The third kappa shape index (κ3) is 4.55. The maximum Gasteiger partial charge on any atom is 0.237 e. The fraction of sp³-hybridized carbons (Fsp3) is 0.111. The van der Waals surface area contributed by atoms with Crippen LogP contribution in [0, 0.1) is 0 Å². The fourth-order valence-corrected chi connectivity index (χ4v) is 4.27. The van der Waals surface area contributed by atoms with Crippen molar-refractivity contribution in [2.24, 2.45) is 5.10 Å². The Morgan fingerprint density at radius 2 is 1.59 bits per heavy atom. The molecule has 0 unspecified atom stereocenters. The molecule has 0 fully saturated rings. The minimum Gasteiger partial charge on any atom is -0.464 e. The number of hydrogen-bond donors (Lipinski definition) is 2. The van der Waals surface area contributed by atoms with Crippen molar-refractivity contribution < 1.29 is 8.83 Å². The average molecular weight is 488 g/mol. The third-order valence-corrected chi connectivity index (χ3v) is 5.84. The number of fused-ring (bicyclic) bond motifs is 2. The normalized spacial score (nSPS) is 11.9. The highest BCUT2D eigenvalue weighted by Crippen LogP contribution is 2.36. The highest BCUT2D eigenvalue weighted by Gasteiger charge is 2.14. The second kappa shape index (κ2) is 9.33. The Hall–Kier alpha value is -3.61. The van der Waals surface area contributed by atoms with Crippen LogP contribution in [0.25, 0.3) is 44.2 Å². The van der Waals surface area contributed by atoms with Gasteiger partial charge in [-0.2, -0.15) is 0 Å². The molecule has 0 saturated carbocycles. The Morgan fingerprint density at radius 3 is 2.32 bits per heavy atom. The van der Waals surface area contributed by atoms with Crippen molar-refractivity contribution in [2.45, 2.75) is 19.9 Å². The van der Waals surface area contributed by atoms with Gasteiger partial charge >= 0.3 is 0 Å². The first-order valence-electron chi connectivity index (χ1n) is 10.9. The standard InChI is InChI=1S/C27H22ClN3O2S/c1-16(2)29-27(34)31-30-26-13-20(17-6-4-3-5-7-17)21-12-22-23(18-8-10-19(28)11-9-18)15-32-24(22)14-25(21)33-26/h3-16H,1-2H3,(H2,29,31,34)/b30-26-. The van der Waals surface area contributed by atoms with Gasteiger partial charge in [-0.15, -0.1) is 5.10 Å². The number of thiocarbonyl (C=S) groups is 1. The highest BCUT2D eigenvalue weighted by atomic mass is 35.5. The number of rotatable bonds is 4. The summed E-state index contributed by atoms with van der Waals surface area (Å²) in [5.41, 5.74) is 8.72. The van der Waals surface area contributed by atoms with E-state index in [0.717, 1.165) is 38.6 Å². The molecule has 0 spiro atoms. The van der Waals surface area contributed by atoms with Crippen molar-refractivity contribution >= 4 is 50.9 Å². The van der Waals surface area contributed by atoms with Crippen LogP contribution in [-0.2, 0) is 0 Å². The maximum atomic E-state index is 6.12. The van der Waals surface area contributed by atoms with Crippen LogP contribution >= 0.6 is 23.8 Å². The first kappa shape index (κ1) is 22.2. The molecule has 2 aromatic heterocycles. The number of hydrogen-bond acceptors (Lipinski definition) is 4. The molecule has 0 aliphatic rings. The molecule has 5 rings (SSSR count). The molecule has 7 heteroatoms. The summed E-state index contributed by atoms with van der Waals surface area (Å²) in [6, 6.07) is 24.0. The minimum absolute atomic E-state index is 0.200. The summed E-state index contributed by atoms with van der Waals surface area (Å²) >= 11 is 11.4. The van der Waals surface area contributed by atoms with Crippen LogP contribution < -0.4 is 16.3 Å². The third-order valence-electron chi connectivity index (χ3n) is 5.38. The zero-order valence-corrected chi connectivity index (χ0v) is 20.2. The zero-order chi connectivity index (χ0) is 23.7. The van der Waals surface area contributed by atoms with Crippen LogP contribution in [-0.4, -0.2) is 11.2 Å². The van der Waals surface area contributed by atoms with E-state index in [0.29, 0.717) is 21.3 Å². The molecule has 5 aromatic rings. The summed E-state index contributed by atoms with van der Waals surface area (Å²) in [6.45, 7) is 4.02. The number of nitrogens with one attached hydrogen (secondary N) is 2. The quantitative estimate of drug-likeness (QED) is 0.214. The highest BCUT2D eigenvalue weighted by molar-refractivity contribution is 7.80. The molecule has 34 heavy (non-hydrogen) atoms. The minimum atomic E-state index is 0.200. The van der Waals surface area contributed by atoms with Gasteiger partial charge in [-0.25, -0.2) is 0 Å². The topological polar surface area (TPSA) is 62.7 Å². The predicted molar refractivity (Wildman–Crippen MR) is 141 cm³/mol. The Labute approximate surface area is 207 Å². The summed E-state index contributed by atoms with van der Waals surface area (Å²) in [6.07, 6.45) is 1.76. The van der Waals surface area contributed by atoms with Crippen LogP contribution in [0.1, 0.15) is 13.8 Å². The van der Waals surface area contributed by atoms with Crippen molar-refractivity contribution in [1.82, 2.24) is 10.7 Å². The van der Waals surface area contributed by atoms with Gasteiger partial charge in [-0.1, -0.05) is 54.1 Å². The van der Waals surface area contributed by atoms with Gasteiger partial charge in [0.1, 0.15) is 11.2 Å². The van der Waals surface area contributed by atoms with Gasteiger partial charge in [-0.05, 0) is 61.0 Å². The molecule has 0 radical (unpaired) electrons. The lowest BCUT2D eigenvalue weighted by atomic mass is 9.98. The van der Waals surface area contributed by atoms with Gasteiger partial charge in [-0.3, -0.25) is 5.43 Å². The summed E-state index contributed by atoms with van der Waals surface area (Å²) in [7, 11) is 0. The fourth-order valence-electron chi connectivity index (χ4n) is 3.86. The molecule has 2 N–H and O–H groups in total. The van der Waals surface area contributed by atoms with E-state index in [-0.39, 0.29) is 6.04 Å². The number of benzene rings is 3. The van der Waals surface area contributed by atoms with Gasteiger partial charge < -0.3 is 14.2 Å². The van der Waals surface area contributed by atoms with Crippen molar-refractivity contribution in [2.75, 3.05) is 0 Å². The molecule has 0 saturated heterocycles. The average Bonchev–Trinajstić information content (AvgIpc) is 3.24. The largest absolute Gasteiger partial charge is 0.464 e. The maximum absolute atomic E-state index is 6.12. The summed E-state index contributed by atoms with van der Waals surface area (Å²) in [5.74, 6) is 0. The molecule has 0 amide bonds. The SMILES string of the molecule is CC(C)NC(=S)N/N=c1/cc(-c2ccccc2)c2cc3c(-c4ccc(Cl)cc4)coc3cc2o1. The molecule has 0 aliphatic carbocycles. The zero-order valence-electron chi connectivity index (χ0n) is 18.6. The summed E-state index contributed by atoms with van der Waals surface area (Å²) in [5, 5.41) is 10.6. The van der Waals surface area contributed by atoms with Gasteiger partial charge in [0.25, 0.3) is 0 Å². The van der Waals surface area contributed by atoms with Crippen LogP contribution in [0.15, 0.2) is 93.0 Å². The first-order chi connectivity index (χ1) is 16.5. The van der Waals surface area contributed by atoms with Crippen LogP contribution in [0.5, 0.6) is 0 Å². The van der Waals surface area contributed by atoms with Gasteiger partial charge in [0.2, 0.25) is 5.55 Å². The Morgan fingerprint density at radius 1 is 0.882 bits per heavy atom. The number of nitrogens with zero attached hydrogens (tertiary/aromatic N) is 1. The smallest absolute Gasteiger partial charge is 0.237 e. The van der Waals surface area contributed by atoms with Gasteiger partial charge in [0, 0.05) is 39.5 Å². The second-order valence-corrected chi connectivity index (χ2v) is 9.06. The van der Waals surface area contributed by atoms with Crippen LogP contribution in [0.3, 0.4) is 0 Å². The van der Waals surface area contributed by atoms with E-state index < -0.39 is 0 Å². The van der Waals surface area contributed by atoms with E-state index in [4.69, 9.17) is 32.7 Å². The van der Waals surface area contributed by atoms with Gasteiger partial charge in [0.05, 0.1) is 6.26 Å². The Bertz CT molecular complexity index is 1550. The molecular weight excluding hydrogens is 466 g/mol. The molecule has 2 heterocycles. The van der Waals surface area contributed by atoms with E-state index in [2.05, 4.69) is 34.0 Å². The molecule has 0 aliphatic heterocycles. The summed E-state index contributed by atoms with van der Waals surface area (Å²) in [4.78, 5) is 0. The van der Waals surface area contributed by atoms with Crippen molar-refractivity contribution in [1.29, 1.82) is 0 Å². The Kier molecular flexibility index (Phi) is 6.09. The molecular formula is C27H22ClN3O2S. The molecule has 0 bridgehead atoms. The molecule has 0 atom stereocenters. The van der Waals surface area contributed by atoms with E-state index in [1.54, 1.807) is 6.26 Å². The van der Waals surface area contributed by atoms with Gasteiger partial charge in [0.15, 0.2) is 5.11 Å². The molecule has 3 aromatic carbocycles. The first-order valence-corrected chi connectivity index (χ1v) is 11.7. The Balaban J connectivity index is 1.69. The predicted octanol–water partition coefficient (Wildman–Crippen LogP) is 6.85. The second-order valence-electron chi connectivity index (χ2n) is 8.22. The lowest BCUT2D eigenvalue weighted by Crippen LogP contribution is -2.37. The molecule has 5 nitrogen and oxygen atoms in total. The van der Waals surface area contributed by atoms with Crippen LogP contribution in [0.4, 0.5) is 0 Å². The van der Waals surface area contributed by atoms with E-state index in [9.17, 15) is 0 Å². The summed E-state index contributed by atoms with van der Waals surface area (Å²) < 4.78 is 12.0. The van der Waals surface area contributed by atoms with Crippen LogP contribution in [0.2, 0.25) is 5.02 Å². The number of furan rings is 1. The van der Waals surface area contributed by atoms with Crippen molar-refractivity contribution in [3.05, 3.63) is 89.6 Å². The van der Waals surface area contributed by atoms with E-state index in [1.807, 2.05) is 68.4 Å². The van der Waals surface area contributed by atoms with Crippen molar-refractivity contribution in [3.8, 4) is 22.3 Å². The van der Waals surface area contributed by atoms with E-state index >= 15 is 0 Å². The lowest BCUT2D eigenvalue weighted by molar-refractivity contribution is 0.529. The monoisotopic (exact) mass is 487 g/mol. The lowest BCUT2D eigenvalue weighted by Gasteiger charge is -2.10.